The summed E-state index contributed by atoms with van der Waals surface area (Å²) in [4.78, 5) is 0. The van der Waals surface area contributed by atoms with E-state index in [0.717, 1.165) is 17.5 Å². The van der Waals surface area contributed by atoms with Crippen molar-refractivity contribution in [3.05, 3.63) is 89.5 Å². The summed E-state index contributed by atoms with van der Waals surface area (Å²) in [5.74, 6) is 2.10. The van der Waals surface area contributed by atoms with E-state index in [4.69, 9.17) is 0 Å². The first-order chi connectivity index (χ1) is 20.4. The number of fused-ring (bicyclic) bond motifs is 5. The maximum absolute atomic E-state index is 3.13. The summed E-state index contributed by atoms with van der Waals surface area (Å²) in [6.45, 7) is 20.6. The van der Waals surface area contributed by atoms with Crippen LogP contribution in [-0.4, -0.2) is 24.4 Å². The van der Waals surface area contributed by atoms with E-state index in [1.54, 1.807) is 5.57 Å². The molecule has 4 atom stereocenters. The fraction of sp³-hybridized carbons (Fsp3) is 0.512. The third-order valence-electron chi connectivity index (χ3n) is 12.1. The molecule has 2 heteroatoms. The van der Waals surface area contributed by atoms with E-state index in [1.165, 1.54) is 77.1 Å². The lowest BCUT2D eigenvalue weighted by Gasteiger charge is -2.56. The van der Waals surface area contributed by atoms with Gasteiger partial charge in [-0.05, 0) is 114 Å². The summed E-state index contributed by atoms with van der Waals surface area (Å²) < 4.78 is 3.13. The van der Waals surface area contributed by atoms with Gasteiger partial charge in [-0.25, -0.2) is 0 Å². The highest BCUT2D eigenvalue weighted by atomic mass is 28.3. The van der Waals surface area contributed by atoms with Gasteiger partial charge in [-0.15, -0.1) is 0 Å². The SMILES string of the molecule is CC1CC2C=C3C(=CC2C1[Si](C)(C)N(C1CCCCC1)C(C)(C)C)C(C)(C)c1cc(-c2cccc4ccccc24)ccc13. The molecule has 0 amide bonds. The van der Waals surface area contributed by atoms with E-state index >= 15 is 0 Å². The second kappa shape index (κ2) is 10.3. The largest absolute Gasteiger partial charge is 0.316 e. The molecule has 7 rings (SSSR count). The van der Waals surface area contributed by atoms with E-state index in [9.17, 15) is 0 Å². The van der Waals surface area contributed by atoms with Crippen LogP contribution in [0.4, 0.5) is 0 Å². The Hall–Kier alpha value is -2.42. The first kappa shape index (κ1) is 29.3. The summed E-state index contributed by atoms with van der Waals surface area (Å²) >= 11 is 0. The molecule has 43 heavy (non-hydrogen) atoms. The zero-order valence-electron chi connectivity index (χ0n) is 28.0. The van der Waals surface area contributed by atoms with Gasteiger partial charge in [0.05, 0.1) is 0 Å². The smallest absolute Gasteiger partial charge is 0.127 e. The average molecular weight is 588 g/mol. The highest BCUT2D eigenvalue weighted by Crippen LogP contribution is 2.61. The van der Waals surface area contributed by atoms with Gasteiger partial charge in [-0.1, -0.05) is 120 Å². The van der Waals surface area contributed by atoms with Crippen molar-refractivity contribution < 1.29 is 0 Å². The van der Waals surface area contributed by atoms with Gasteiger partial charge < -0.3 is 4.57 Å². The predicted octanol–water partition coefficient (Wildman–Crippen LogP) is 11.4. The van der Waals surface area contributed by atoms with Gasteiger partial charge in [-0.3, -0.25) is 0 Å². The Labute approximate surface area is 262 Å². The van der Waals surface area contributed by atoms with E-state index in [-0.39, 0.29) is 11.0 Å². The molecule has 4 unspecified atom stereocenters. The Balaban J connectivity index is 1.28. The molecule has 0 radical (unpaired) electrons. The normalized spacial score (nSPS) is 27.1. The van der Waals surface area contributed by atoms with Crippen LogP contribution in [0, 0.1) is 17.8 Å². The van der Waals surface area contributed by atoms with Crippen molar-refractivity contribution in [2.75, 3.05) is 0 Å². The fourth-order valence-corrected chi connectivity index (χ4v) is 16.9. The Morgan fingerprint density at radius 3 is 2.30 bits per heavy atom. The van der Waals surface area contributed by atoms with Crippen LogP contribution in [0.3, 0.4) is 0 Å². The first-order valence-corrected chi connectivity index (χ1v) is 20.3. The van der Waals surface area contributed by atoms with Crippen LogP contribution in [-0.2, 0) is 5.41 Å². The van der Waals surface area contributed by atoms with E-state index in [2.05, 4.69) is 132 Å². The summed E-state index contributed by atoms with van der Waals surface area (Å²) in [5.41, 5.74) is 9.84. The molecule has 0 heterocycles. The molecule has 2 saturated carbocycles. The number of nitrogens with zero attached hydrogens (tertiary/aromatic N) is 1. The lowest BCUT2D eigenvalue weighted by atomic mass is 9.76. The molecule has 1 nitrogen and oxygen atoms in total. The molecular formula is C41H53NSi. The molecule has 0 aromatic heterocycles. The first-order valence-electron chi connectivity index (χ1n) is 17.3. The van der Waals surface area contributed by atoms with Gasteiger partial charge in [0, 0.05) is 17.0 Å². The molecule has 226 valence electrons. The Kier molecular flexibility index (Phi) is 7.03. The average Bonchev–Trinajstić information content (AvgIpc) is 3.41. The second-order valence-corrected chi connectivity index (χ2v) is 21.0. The van der Waals surface area contributed by atoms with E-state index < -0.39 is 8.24 Å². The van der Waals surface area contributed by atoms with E-state index in [1.807, 2.05) is 0 Å². The number of hydrogen-bond acceptors (Lipinski definition) is 1. The zero-order valence-corrected chi connectivity index (χ0v) is 29.0. The van der Waals surface area contributed by atoms with Crippen molar-refractivity contribution >= 4 is 24.6 Å². The number of hydrogen-bond donors (Lipinski definition) is 0. The van der Waals surface area contributed by atoms with Crippen molar-refractivity contribution in [2.45, 2.75) is 116 Å². The van der Waals surface area contributed by atoms with Gasteiger partial charge in [0.25, 0.3) is 0 Å². The monoisotopic (exact) mass is 587 g/mol. The third kappa shape index (κ3) is 4.65. The van der Waals surface area contributed by atoms with Gasteiger partial charge in [-0.2, -0.15) is 0 Å². The fourth-order valence-electron chi connectivity index (χ4n) is 10.8. The molecule has 3 aromatic rings. The van der Waals surface area contributed by atoms with Crippen molar-refractivity contribution in [3.63, 3.8) is 0 Å². The minimum atomic E-state index is -1.78. The Bertz CT molecular complexity index is 1600. The van der Waals surface area contributed by atoms with Crippen LogP contribution in [0.2, 0.25) is 18.6 Å². The van der Waals surface area contributed by atoms with Crippen molar-refractivity contribution in [2.24, 2.45) is 17.8 Å². The van der Waals surface area contributed by atoms with Crippen LogP contribution in [0.5, 0.6) is 0 Å². The van der Waals surface area contributed by atoms with Crippen molar-refractivity contribution in [1.82, 2.24) is 4.57 Å². The summed E-state index contributed by atoms with van der Waals surface area (Å²) in [6.07, 6.45) is 14.0. The second-order valence-electron chi connectivity index (χ2n) is 16.5. The van der Waals surface area contributed by atoms with Crippen LogP contribution in [0.25, 0.3) is 27.5 Å². The molecule has 3 aromatic carbocycles. The number of allylic oxidation sites excluding steroid dienone is 4. The summed E-state index contributed by atoms with van der Waals surface area (Å²) in [6, 6.07) is 23.7. The molecule has 0 bridgehead atoms. The quantitative estimate of drug-likeness (QED) is 0.274. The molecule has 0 aliphatic heterocycles. The molecule has 0 saturated heterocycles. The third-order valence-corrected chi connectivity index (χ3v) is 16.9. The highest BCUT2D eigenvalue weighted by Gasteiger charge is 2.55. The predicted molar refractivity (Wildman–Crippen MR) is 189 cm³/mol. The Morgan fingerprint density at radius 2 is 1.56 bits per heavy atom. The van der Waals surface area contributed by atoms with E-state index in [0.29, 0.717) is 11.8 Å². The van der Waals surface area contributed by atoms with Crippen LogP contribution in [0.1, 0.15) is 91.2 Å². The standard InChI is InChI=1S/C41H53NSi/c1-27-23-30-24-36-34-22-21-29(33-20-14-16-28-15-12-13-19-32(28)33)25-37(34)41(5,6)38(36)26-35(30)39(27)43(7,8)42(40(2,3)4)31-17-10-9-11-18-31/h12-16,19-22,24-27,30-31,35,39H,9-11,17-18,23H2,1-8H3. The summed E-state index contributed by atoms with van der Waals surface area (Å²) in [5, 5.41) is 2.66. The van der Waals surface area contributed by atoms with Gasteiger partial charge >= 0.3 is 0 Å². The highest BCUT2D eigenvalue weighted by molar-refractivity contribution is 6.76. The number of benzene rings is 3. The van der Waals surface area contributed by atoms with Crippen LogP contribution >= 0.6 is 0 Å². The van der Waals surface area contributed by atoms with Crippen LogP contribution < -0.4 is 0 Å². The topological polar surface area (TPSA) is 3.24 Å². The number of rotatable bonds is 4. The van der Waals surface area contributed by atoms with Crippen molar-refractivity contribution in [3.8, 4) is 11.1 Å². The lowest BCUT2D eigenvalue weighted by molar-refractivity contribution is 0.139. The lowest BCUT2D eigenvalue weighted by Crippen LogP contribution is -2.65. The molecular weight excluding hydrogens is 535 g/mol. The van der Waals surface area contributed by atoms with Gasteiger partial charge in [0.1, 0.15) is 8.24 Å². The molecule has 4 aliphatic carbocycles. The minimum Gasteiger partial charge on any atom is -0.316 e. The molecule has 2 fully saturated rings. The maximum Gasteiger partial charge on any atom is 0.127 e. The molecule has 4 aliphatic rings. The molecule has 0 spiro atoms. The summed E-state index contributed by atoms with van der Waals surface area (Å²) in [7, 11) is -1.78. The maximum atomic E-state index is 3.13. The Morgan fingerprint density at radius 1 is 0.837 bits per heavy atom. The van der Waals surface area contributed by atoms with Gasteiger partial charge in [0.2, 0.25) is 0 Å². The molecule has 0 N–H and O–H groups in total. The minimum absolute atomic E-state index is 0.0158. The van der Waals surface area contributed by atoms with Crippen molar-refractivity contribution in [1.29, 1.82) is 0 Å². The van der Waals surface area contributed by atoms with Gasteiger partial charge in [0.15, 0.2) is 0 Å². The van der Waals surface area contributed by atoms with Crippen LogP contribution in [0.15, 0.2) is 78.4 Å². The zero-order chi connectivity index (χ0) is 30.3.